The molecule has 0 atom stereocenters. The van der Waals surface area contributed by atoms with Crippen LogP contribution in [0, 0.1) is 0 Å². The summed E-state index contributed by atoms with van der Waals surface area (Å²) in [6, 6.07) is 17.2. The van der Waals surface area contributed by atoms with Crippen LogP contribution in [0.2, 0.25) is 0 Å². The van der Waals surface area contributed by atoms with Gasteiger partial charge in [0.2, 0.25) is 5.91 Å². The molecule has 5 rings (SSSR count). The van der Waals surface area contributed by atoms with Crippen LogP contribution in [0.5, 0.6) is 11.5 Å². The number of aromatic nitrogens is 4. The van der Waals surface area contributed by atoms with Gasteiger partial charge in [-0.25, -0.2) is 14.6 Å². The quantitative estimate of drug-likeness (QED) is 0.462. The average molecular weight is 438 g/mol. The van der Waals surface area contributed by atoms with Gasteiger partial charge in [-0.3, -0.25) is 4.79 Å². The van der Waals surface area contributed by atoms with Crippen LogP contribution in [-0.2, 0) is 4.79 Å². The first kappa shape index (κ1) is 20.4. The molecule has 2 aromatic heterocycles. The Morgan fingerprint density at radius 1 is 1.06 bits per heavy atom. The van der Waals surface area contributed by atoms with E-state index in [2.05, 4.69) is 16.5 Å². The standard InChI is InChI=1S/C25H22N6O2/c1-2-21(32)30-14-6-7-18(15-30)31-25-22(24(26)27-16-28-25)23(29-31)17-10-12-20(13-11-17)33-19-8-4-3-5-9-19/h2-5,8-13,15-16H,1,6-7,14H2,(H2,26,27,28). The fourth-order valence-electron chi connectivity index (χ4n) is 3.87. The topological polar surface area (TPSA) is 99.2 Å². The molecule has 0 spiro atoms. The first-order valence-electron chi connectivity index (χ1n) is 10.6. The van der Waals surface area contributed by atoms with Crippen LogP contribution in [0.4, 0.5) is 5.82 Å². The maximum atomic E-state index is 12.1. The number of hydrogen-bond acceptors (Lipinski definition) is 6. The number of nitrogen functional groups attached to an aromatic ring is 1. The van der Waals surface area contributed by atoms with Gasteiger partial charge in [-0.1, -0.05) is 24.8 Å². The maximum Gasteiger partial charge on any atom is 0.249 e. The largest absolute Gasteiger partial charge is 0.457 e. The molecular formula is C25H22N6O2. The summed E-state index contributed by atoms with van der Waals surface area (Å²) < 4.78 is 7.65. The molecule has 0 unspecified atom stereocenters. The van der Waals surface area contributed by atoms with Gasteiger partial charge in [-0.2, -0.15) is 5.10 Å². The summed E-state index contributed by atoms with van der Waals surface area (Å²) in [6.45, 7) is 4.22. The second kappa shape index (κ2) is 8.58. The highest BCUT2D eigenvalue weighted by Crippen LogP contribution is 2.34. The van der Waals surface area contributed by atoms with E-state index >= 15 is 0 Å². The lowest BCUT2D eigenvalue weighted by Gasteiger charge is -2.23. The van der Waals surface area contributed by atoms with Crippen LogP contribution in [0.25, 0.3) is 28.0 Å². The normalized spacial score (nSPS) is 13.6. The summed E-state index contributed by atoms with van der Waals surface area (Å²) in [5.41, 5.74) is 9.22. The van der Waals surface area contributed by atoms with Crippen molar-refractivity contribution in [3.63, 3.8) is 0 Å². The zero-order valence-corrected chi connectivity index (χ0v) is 17.9. The molecule has 2 N–H and O–H groups in total. The first-order valence-corrected chi connectivity index (χ1v) is 10.6. The van der Waals surface area contributed by atoms with Crippen LogP contribution >= 0.6 is 0 Å². The van der Waals surface area contributed by atoms with Crippen LogP contribution in [0.1, 0.15) is 12.8 Å². The van der Waals surface area contributed by atoms with Gasteiger partial charge >= 0.3 is 0 Å². The highest BCUT2D eigenvalue weighted by Gasteiger charge is 2.22. The maximum absolute atomic E-state index is 12.1. The number of benzene rings is 2. The molecule has 0 saturated carbocycles. The number of anilines is 1. The Labute approximate surface area is 190 Å². The number of hydrogen-bond donors (Lipinski definition) is 1. The molecule has 1 amide bonds. The molecular weight excluding hydrogens is 416 g/mol. The minimum Gasteiger partial charge on any atom is -0.457 e. The fraction of sp³-hybridized carbons (Fsp3) is 0.120. The van der Waals surface area contributed by atoms with Gasteiger partial charge in [0.25, 0.3) is 0 Å². The van der Waals surface area contributed by atoms with Gasteiger partial charge in [0, 0.05) is 18.3 Å². The third-order valence-corrected chi connectivity index (χ3v) is 5.47. The van der Waals surface area contributed by atoms with Crippen molar-refractivity contribution in [2.24, 2.45) is 0 Å². The Kier molecular flexibility index (Phi) is 5.32. The number of carbonyl (C=O) groups is 1. The van der Waals surface area contributed by atoms with Gasteiger partial charge in [0.15, 0.2) is 5.65 Å². The number of rotatable bonds is 5. The average Bonchev–Trinajstić information content (AvgIpc) is 3.26. The van der Waals surface area contributed by atoms with Crippen LogP contribution < -0.4 is 10.5 Å². The Hall–Kier alpha value is -4.46. The minimum atomic E-state index is -0.146. The number of para-hydroxylation sites is 1. The predicted molar refractivity (Wildman–Crippen MR) is 127 cm³/mol. The van der Waals surface area contributed by atoms with Gasteiger partial charge in [0.1, 0.15) is 29.3 Å². The van der Waals surface area contributed by atoms with E-state index in [1.807, 2.05) is 54.6 Å². The molecule has 4 aromatic rings. The van der Waals surface area contributed by atoms with Crippen molar-refractivity contribution < 1.29 is 9.53 Å². The smallest absolute Gasteiger partial charge is 0.249 e. The van der Waals surface area contributed by atoms with E-state index in [9.17, 15) is 4.79 Å². The van der Waals surface area contributed by atoms with Crippen molar-refractivity contribution in [1.82, 2.24) is 24.6 Å². The highest BCUT2D eigenvalue weighted by molar-refractivity contribution is 5.99. The van der Waals surface area contributed by atoms with Gasteiger partial charge in [-0.05, 0) is 55.3 Å². The van der Waals surface area contributed by atoms with Crippen molar-refractivity contribution in [3.05, 3.63) is 79.8 Å². The first-order chi connectivity index (χ1) is 16.1. The molecule has 1 aliphatic rings. The molecule has 3 heterocycles. The zero-order chi connectivity index (χ0) is 22.8. The Bertz CT molecular complexity index is 1360. The molecule has 8 nitrogen and oxygen atoms in total. The molecule has 33 heavy (non-hydrogen) atoms. The van der Waals surface area contributed by atoms with Gasteiger partial charge < -0.3 is 15.4 Å². The Morgan fingerprint density at radius 2 is 1.82 bits per heavy atom. The van der Waals surface area contributed by atoms with Crippen molar-refractivity contribution in [1.29, 1.82) is 0 Å². The van der Waals surface area contributed by atoms with Crippen molar-refractivity contribution >= 4 is 28.5 Å². The minimum absolute atomic E-state index is 0.146. The second-order valence-corrected chi connectivity index (χ2v) is 7.62. The number of nitrogens with two attached hydrogens (primary N) is 1. The van der Waals surface area contributed by atoms with Gasteiger partial charge in [0.05, 0.1) is 11.1 Å². The summed E-state index contributed by atoms with van der Waals surface area (Å²) in [6.07, 6.45) is 6.11. The zero-order valence-electron chi connectivity index (χ0n) is 17.9. The number of allylic oxidation sites excluding steroid dienone is 1. The number of nitrogens with zero attached hydrogens (tertiary/aromatic N) is 5. The second-order valence-electron chi connectivity index (χ2n) is 7.62. The summed E-state index contributed by atoms with van der Waals surface area (Å²) in [5, 5.41) is 5.51. The Balaban J connectivity index is 1.55. The summed E-state index contributed by atoms with van der Waals surface area (Å²) in [7, 11) is 0. The Morgan fingerprint density at radius 3 is 2.58 bits per heavy atom. The van der Waals surface area contributed by atoms with Gasteiger partial charge in [-0.15, -0.1) is 0 Å². The summed E-state index contributed by atoms with van der Waals surface area (Å²) >= 11 is 0. The monoisotopic (exact) mass is 438 g/mol. The molecule has 0 fully saturated rings. The summed E-state index contributed by atoms with van der Waals surface area (Å²) in [5.74, 6) is 1.68. The van der Waals surface area contributed by atoms with Crippen LogP contribution in [-0.4, -0.2) is 37.1 Å². The highest BCUT2D eigenvalue weighted by atomic mass is 16.5. The van der Waals surface area contributed by atoms with Crippen molar-refractivity contribution in [3.8, 4) is 22.8 Å². The molecule has 2 aromatic carbocycles. The molecule has 0 aliphatic carbocycles. The predicted octanol–water partition coefficient (Wildman–Crippen LogP) is 4.47. The molecule has 0 saturated heterocycles. The van der Waals surface area contributed by atoms with Crippen molar-refractivity contribution in [2.75, 3.05) is 12.3 Å². The molecule has 164 valence electrons. The van der Waals surface area contributed by atoms with E-state index in [1.165, 1.54) is 12.4 Å². The molecule has 1 aliphatic heterocycles. The number of ether oxygens (including phenoxy) is 1. The fourth-order valence-corrected chi connectivity index (χ4v) is 3.87. The molecule has 8 heteroatoms. The number of fused-ring (bicyclic) bond motifs is 1. The van der Waals surface area contributed by atoms with Crippen LogP contribution in [0.3, 0.4) is 0 Å². The van der Waals surface area contributed by atoms with Crippen molar-refractivity contribution in [2.45, 2.75) is 12.8 Å². The lowest BCUT2D eigenvalue weighted by molar-refractivity contribution is -0.123. The third kappa shape index (κ3) is 3.94. The SMILES string of the molecule is C=CC(=O)N1C=C(n2nc(-c3ccc(Oc4ccccc4)cc3)c3c(N)ncnc32)CCC1. The van der Waals surface area contributed by atoms with E-state index in [1.54, 1.807) is 15.8 Å². The molecule has 0 radical (unpaired) electrons. The third-order valence-electron chi connectivity index (χ3n) is 5.47. The number of carbonyl (C=O) groups excluding carboxylic acids is 1. The van der Waals surface area contributed by atoms with E-state index in [4.69, 9.17) is 15.6 Å². The van der Waals surface area contributed by atoms with E-state index < -0.39 is 0 Å². The van der Waals surface area contributed by atoms with Crippen LogP contribution in [0.15, 0.2) is 79.8 Å². The van der Waals surface area contributed by atoms with E-state index in [-0.39, 0.29) is 5.91 Å². The lowest BCUT2D eigenvalue weighted by atomic mass is 10.1. The van der Waals surface area contributed by atoms with E-state index in [0.717, 1.165) is 29.9 Å². The number of amides is 1. The molecule has 0 bridgehead atoms. The summed E-state index contributed by atoms with van der Waals surface area (Å²) in [4.78, 5) is 22.4. The lowest BCUT2D eigenvalue weighted by Crippen LogP contribution is -2.28. The van der Waals surface area contributed by atoms with E-state index in [0.29, 0.717) is 34.8 Å².